The van der Waals surface area contributed by atoms with Crippen LogP contribution in [0.15, 0.2) is 10.6 Å². The van der Waals surface area contributed by atoms with E-state index in [-0.39, 0.29) is 11.6 Å². The second-order valence-electron chi connectivity index (χ2n) is 4.13. The first-order chi connectivity index (χ1) is 6.68. The average molecular weight is 213 g/mol. The Labute approximate surface area is 88.3 Å². The van der Waals surface area contributed by atoms with Crippen LogP contribution in [0.25, 0.3) is 0 Å². The summed E-state index contributed by atoms with van der Waals surface area (Å²) in [4.78, 5) is 23.2. The van der Waals surface area contributed by atoms with Gasteiger partial charge < -0.3 is 0 Å². The molecular formula is C11H13ClO2. The third kappa shape index (κ3) is 2.06. The van der Waals surface area contributed by atoms with E-state index in [4.69, 9.17) is 11.6 Å². The van der Waals surface area contributed by atoms with E-state index in [1.807, 2.05) is 0 Å². The van der Waals surface area contributed by atoms with Gasteiger partial charge >= 0.3 is 0 Å². The molecule has 3 heteroatoms. The Hall–Kier alpha value is -0.630. The Kier molecular flexibility index (Phi) is 2.73. The molecule has 0 unspecified atom stereocenters. The number of ketones is 2. The number of Topliss-reactive ketones (excluding diaryl/α,β-unsaturated/α-hetero) is 2. The van der Waals surface area contributed by atoms with Gasteiger partial charge in [0, 0.05) is 17.9 Å². The van der Waals surface area contributed by atoms with E-state index in [1.165, 1.54) is 0 Å². The van der Waals surface area contributed by atoms with E-state index in [2.05, 4.69) is 0 Å². The number of hydrogen-bond donors (Lipinski definition) is 0. The minimum atomic E-state index is -0.0492. The van der Waals surface area contributed by atoms with Crippen molar-refractivity contribution in [3.05, 3.63) is 10.6 Å². The molecule has 1 saturated carbocycles. The molecule has 2 aliphatic carbocycles. The van der Waals surface area contributed by atoms with Crippen molar-refractivity contribution in [2.45, 2.75) is 38.5 Å². The summed E-state index contributed by atoms with van der Waals surface area (Å²) in [5.74, 6) is 0.447. The van der Waals surface area contributed by atoms with Gasteiger partial charge in [-0.15, -0.1) is 0 Å². The molecule has 2 nitrogen and oxygen atoms in total. The largest absolute Gasteiger partial charge is 0.294 e. The molecule has 0 aromatic rings. The quantitative estimate of drug-likeness (QED) is 0.674. The maximum absolute atomic E-state index is 11.7. The molecule has 0 heterocycles. The van der Waals surface area contributed by atoms with Crippen molar-refractivity contribution in [3.8, 4) is 0 Å². The van der Waals surface area contributed by atoms with Crippen molar-refractivity contribution >= 4 is 23.2 Å². The molecule has 0 aromatic heterocycles. The third-order valence-corrected chi connectivity index (χ3v) is 3.18. The topological polar surface area (TPSA) is 34.1 Å². The van der Waals surface area contributed by atoms with Gasteiger partial charge in [-0.2, -0.15) is 0 Å². The van der Waals surface area contributed by atoms with Crippen LogP contribution in [0.3, 0.4) is 0 Å². The zero-order chi connectivity index (χ0) is 10.1. The molecule has 0 amide bonds. The van der Waals surface area contributed by atoms with E-state index in [1.54, 1.807) is 0 Å². The molecule has 0 N–H and O–H groups in total. The van der Waals surface area contributed by atoms with Crippen molar-refractivity contribution in [2.24, 2.45) is 5.92 Å². The van der Waals surface area contributed by atoms with Crippen LogP contribution in [0.4, 0.5) is 0 Å². The summed E-state index contributed by atoms with van der Waals surface area (Å²) in [6.07, 6.45) is 4.76. The Bertz CT molecular complexity index is 313. The zero-order valence-electron chi connectivity index (χ0n) is 8.01. The Balaban J connectivity index is 2.12. The summed E-state index contributed by atoms with van der Waals surface area (Å²) in [6.45, 7) is 0. The van der Waals surface area contributed by atoms with Gasteiger partial charge in [-0.1, -0.05) is 11.6 Å². The van der Waals surface area contributed by atoms with Crippen molar-refractivity contribution in [3.63, 3.8) is 0 Å². The van der Waals surface area contributed by atoms with Crippen LogP contribution in [0.1, 0.15) is 38.5 Å². The van der Waals surface area contributed by atoms with Gasteiger partial charge in [-0.05, 0) is 31.6 Å². The van der Waals surface area contributed by atoms with E-state index in [0.29, 0.717) is 35.8 Å². The Morgan fingerprint density at radius 2 is 2.07 bits per heavy atom. The van der Waals surface area contributed by atoms with Crippen molar-refractivity contribution in [1.82, 2.24) is 0 Å². The monoisotopic (exact) mass is 212 g/mol. The standard InChI is InChI=1S/C11H13ClO2/c12-8-2-1-3-9(13)11(8)10(14)6-7-4-5-7/h7H,1-6H2. The number of carbonyl (C=O) groups is 2. The number of rotatable bonds is 3. The van der Waals surface area contributed by atoms with Crippen LogP contribution in [0, 0.1) is 5.92 Å². The molecule has 14 heavy (non-hydrogen) atoms. The SMILES string of the molecule is O=C1CCCC(Cl)=C1C(=O)CC1CC1. The number of halogens is 1. The first-order valence-corrected chi connectivity index (χ1v) is 5.51. The molecule has 0 radical (unpaired) electrons. The first kappa shape index (κ1) is 9.91. The lowest BCUT2D eigenvalue weighted by Gasteiger charge is -2.13. The first-order valence-electron chi connectivity index (χ1n) is 5.13. The van der Waals surface area contributed by atoms with Gasteiger partial charge in [0.15, 0.2) is 11.6 Å². The summed E-state index contributed by atoms with van der Waals surface area (Å²) >= 11 is 5.91. The molecule has 0 aromatic carbocycles. The molecule has 0 bridgehead atoms. The summed E-state index contributed by atoms with van der Waals surface area (Å²) < 4.78 is 0. The predicted octanol–water partition coefficient (Wildman–Crippen LogP) is 2.60. The third-order valence-electron chi connectivity index (χ3n) is 2.80. The summed E-state index contributed by atoms with van der Waals surface area (Å²) in [6, 6.07) is 0. The number of carbonyl (C=O) groups excluding carboxylic acids is 2. The van der Waals surface area contributed by atoms with Crippen LogP contribution in [-0.2, 0) is 9.59 Å². The van der Waals surface area contributed by atoms with Gasteiger partial charge in [0.05, 0.1) is 5.57 Å². The lowest BCUT2D eigenvalue weighted by molar-refractivity contribution is -0.122. The van der Waals surface area contributed by atoms with Crippen molar-refractivity contribution < 1.29 is 9.59 Å². The number of allylic oxidation sites excluding steroid dienone is 2. The van der Waals surface area contributed by atoms with Crippen LogP contribution < -0.4 is 0 Å². The second kappa shape index (κ2) is 3.85. The van der Waals surface area contributed by atoms with E-state index >= 15 is 0 Å². The highest BCUT2D eigenvalue weighted by Gasteiger charge is 2.30. The lowest BCUT2D eigenvalue weighted by atomic mass is 9.92. The molecule has 1 fully saturated rings. The zero-order valence-corrected chi connectivity index (χ0v) is 8.77. The number of hydrogen-bond acceptors (Lipinski definition) is 2. The van der Waals surface area contributed by atoms with Gasteiger partial charge in [-0.3, -0.25) is 9.59 Å². The van der Waals surface area contributed by atoms with Crippen LogP contribution in [0.5, 0.6) is 0 Å². The average Bonchev–Trinajstić information content (AvgIpc) is 2.87. The minimum absolute atomic E-state index is 0.0257. The summed E-state index contributed by atoms with van der Waals surface area (Å²) in [5.41, 5.74) is 0.310. The molecule has 0 aliphatic heterocycles. The highest BCUT2D eigenvalue weighted by Crippen LogP contribution is 2.35. The molecule has 76 valence electrons. The maximum Gasteiger partial charge on any atom is 0.167 e. The second-order valence-corrected chi connectivity index (χ2v) is 4.58. The molecule has 0 atom stereocenters. The summed E-state index contributed by atoms with van der Waals surface area (Å²) in [5, 5.41) is 0.493. The van der Waals surface area contributed by atoms with Gasteiger partial charge in [0.2, 0.25) is 0 Å². The summed E-state index contributed by atoms with van der Waals surface area (Å²) in [7, 11) is 0. The van der Waals surface area contributed by atoms with Crippen LogP contribution in [-0.4, -0.2) is 11.6 Å². The smallest absolute Gasteiger partial charge is 0.167 e. The van der Waals surface area contributed by atoms with Crippen molar-refractivity contribution in [1.29, 1.82) is 0 Å². The van der Waals surface area contributed by atoms with Gasteiger partial charge in [0.25, 0.3) is 0 Å². The Morgan fingerprint density at radius 3 is 2.64 bits per heavy atom. The lowest BCUT2D eigenvalue weighted by Crippen LogP contribution is -2.18. The van der Waals surface area contributed by atoms with Crippen LogP contribution >= 0.6 is 11.6 Å². The minimum Gasteiger partial charge on any atom is -0.294 e. The van der Waals surface area contributed by atoms with E-state index in [0.717, 1.165) is 19.3 Å². The van der Waals surface area contributed by atoms with Gasteiger partial charge in [-0.25, -0.2) is 0 Å². The molecule has 0 saturated heterocycles. The van der Waals surface area contributed by atoms with Crippen molar-refractivity contribution in [2.75, 3.05) is 0 Å². The van der Waals surface area contributed by atoms with E-state index in [9.17, 15) is 9.59 Å². The van der Waals surface area contributed by atoms with E-state index < -0.39 is 0 Å². The highest BCUT2D eigenvalue weighted by molar-refractivity contribution is 6.37. The normalized spacial score (nSPS) is 22.8. The maximum atomic E-state index is 11.7. The van der Waals surface area contributed by atoms with Crippen LogP contribution in [0.2, 0.25) is 0 Å². The molecule has 2 rings (SSSR count). The molecular weight excluding hydrogens is 200 g/mol. The highest BCUT2D eigenvalue weighted by atomic mass is 35.5. The fourth-order valence-corrected chi connectivity index (χ4v) is 2.14. The fourth-order valence-electron chi connectivity index (χ4n) is 1.80. The fraction of sp³-hybridized carbons (Fsp3) is 0.636. The predicted molar refractivity (Wildman–Crippen MR) is 54.1 cm³/mol. The molecule has 2 aliphatic rings. The molecule has 0 spiro atoms. The van der Waals surface area contributed by atoms with Gasteiger partial charge in [0.1, 0.15) is 0 Å². The Morgan fingerprint density at radius 1 is 1.36 bits per heavy atom.